The summed E-state index contributed by atoms with van der Waals surface area (Å²) in [5.74, 6) is 2.73. The third-order valence-corrected chi connectivity index (χ3v) is 5.15. The summed E-state index contributed by atoms with van der Waals surface area (Å²) in [5.41, 5.74) is 0.444. The smallest absolute Gasteiger partial charge is 0 e. The minimum Gasteiger partial charge on any atom is -0.323 e. The molecule has 1 radical (unpaired) electrons. The fraction of sp³-hybridized carbons (Fsp3) is 0.955. The van der Waals surface area contributed by atoms with Crippen molar-refractivity contribution in [3.05, 3.63) is 6.42 Å². The van der Waals surface area contributed by atoms with Gasteiger partial charge in [0.2, 0.25) is 0 Å². The van der Waals surface area contributed by atoms with Crippen molar-refractivity contribution in [2.45, 2.75) is 113 Å². The fourth-order valence-corrected chi connectivity index (χ4v) is 3.54. The Morgan fingerprint density at radius 3 is 1.61 bits per heavy atom. The van der Waals surface area contributed by atoms with E-state index in [9.17, 15) is 0 Å². The second-order valence-corrected chi connectivity index (χ2v) is 8.96. The van der Waals surface area contributed by atoms with E-state index in [1.165, 1.54) is 64.2 Å². The van der Waals surface area contributed by atoms with Gasteiger partial charge < -0.3 is 6.42 Å². The predicted octanol–water partition coefficient (Wildman–Crippen LogP) is 8.06. The van der Waals surface area contributed by atoms with Crippen LogP contribution in [0.5, 0.6) is 0 Å². The predicted molar refractivity (Wildman–Crippen MR) is 103 cm³/mol. The van der Waals surface area contributed by atoms with Gasteiger partial charge in [0.25, 0.3) is 0 Å². The van der Waals surface area contributed by atoms with Gasteiger partial charge in [-0.1, -0.05) is 106 Å². The van der Waals surface area contributed by atoms with Gasteiger partial charge in [-0.2, -0.15) is 11.8 Å². The van der Waals surface area contributed by atoms with Gasteiger partial charge in [0.1, 0.15) is 0 Å². The molecule has 0 saturated carbocycles. The van der Waals surface area contributed by atoms with E-state index in [-0.39, 0.29) is 32.7 Å². The zero-order valence-electron chi connectivity index (χ0n) is 17.5. The van der Waals surface area contributed by atoms with E-state index < -0.39 is 0 Å². The van der Waals surface area contributed by atoms with E-state index in [0.717, 1.165) is 17.8 Å². The summed E-state index contributed by atoms with van der Waals surface area (Å²) in [7, 11) is 0. The zero-order valence-corrected chi connectivity index (χ0v) is 20.3. The molecule has 0 N–H and O–H groups in total. The van der Waals surface area contributed by atoms with Gasteiger partial charge in [0, 0.05) is 32.7 Å². The van der Waals surface area contributed by atoms with Crippen molar-refractivity contribution in [2.24, 2.45) is 23.2 Å². The SMILES string of the molecule is CC[CH-]C(C)(C)CCCC(C)CCCC(C)CCCC(C)C.[Y]. The molecule has 2 unspecified atom stereocenters. The van der Waals surface area contributed by atoms with Crippen molar-refractivity contribution in [2.75, 3.05) is 0 Å². The van der Waals surface area contributed by atoms with Crippen molar-refractivity contribution in [3.63, 3.8) is 0 Å². The van der Waals surface area contributed by atoms with Gasteiger partial charge in [-0.25, -0.2) is 0 Å². The molecule has 0 aromatic carbocycles. The summed E-state index contributed by atoms with van der Waals surface area (Å²) in [6, 6.07) is 0. The Kier molecular flexibility index (Phi) is 17.6. The summed E-state index contributed by atoms with van der Waals surface area (Å²) in [5, 5.41) is 0. The van der Waals surface area contributed by atoms with Crippen LogP contribution in [0.25, 0.3) is 0 Å². The maximum absolute atomic E-state index is 2.48. The Morgan fingerprint density at radius 1 is 0.739 bits per heavy atom. The topological polar surface area (TPSA) is 0 Å². The molecule has 0 aliphatic carbocycles. The first kappa shape index (κ1) is 26.3. The molecule has 0 aromatic heterocycles. The van der Waals surface area contributed by atoms with Crippen LogP contribution >= 0.6 is 0 Å². The normalized spacial score (nSPS) is 14.6. The van der Waals surface area contributed by atoms with Crippen LogP contribution in [0.4, 0.5) is 0 Å². The quantitative estimate of drug-likeness (QED) is 0.260. The summed E-state index contributed by atoms with van der Waals surface area (Å²) >= 11 is 0. The van der Waals surface area contributed by atoms with Crippen LogP contribution in [0.1, 0.15) is 113 Å². The Morgan fingerprint density at radius 2 is 1.17 bits per heavy atom. The first-order chi connectivity index (χ1) is 10.3. The molecule has 0 fully saturated rings. The second-order valence-electron chi connectivity index (χ2n) is 8.96. The maximum Gasteiger partial charge on any atom is 0 e. The van der Waals surface area contributed by atoms with Crippen LogP contribution in [0, 0.1) is 29.6 Å². The van der Waals surface area contributed by atoms with E-state index in [1.807, 2.05) is 0 Å². The number of rotatable bonds is 14. The average molecular weight is 399 g/mol. The van der Waals surface area contributed by atoms with Crippen LogP contribution in [-0.2, 0) is 32.7 Å². The first-order valence-electron chi connectivity index (χ1n) is 10.1. The van der Waals surface area contributed by atoms with Crippen molar-refractivity contribution in [1.29, 1.82) is 0 Å². The molecule has 137 valence electrons. The van der Waals surface area contributed by atoms with Crippen LogP contribution < -0.4 is 0 Å². The molecule has 23 heavy (non-hydrogen) atoms. The van der Waals surface area contributed by atoms with Crippen LogP contribution in [0.15, 0.2) is 0 Å². The van der Waals surface area contributed by atoms with Crippen molar-refractivity contribution in [3.8, 4) is 0 Å². The van der Waals surface area contributed by atoms with Gasteiger partial charge in [-0.15, -0.1) is 0 Å². The van der Waals surface area contributed by atoms with Crippen molar-refractivity contribution in [1.82, 2.24) is 0 Å². The van der Waals surface area contributed by atoms with E-state index in [1.54, 1.807) is 0 Å². The van der Waals surface area contributed by atoms with Gasteiger partial charge in [-0.3, -0.25) is 0 Å². The monoisotopic (exact) mass is 398 g/mol. The molecule has 0 spiro atoms. The fourth-order valence-electron chi connectivity index (χ4n) is 3.54. The van der Waals surface area contributed by atoms with Crippen LogP contribution in [-0.4, -0.2) is 0 Å². The Bertz CT molecular complexity index is 244. The van der Waals surface area contributed by atoms with E-state index in [0.29, 0.717) is 5.41 Å². The van der Waals surface area contributed by atoms with Crippen LogP contribution in [0.2, 0.25) is 0 Å². The minimum absolute atomic E-state index is 0. The Hall–Kier alpha value is 1.10. The zero-order chi connectivity index (χ0) is 17.0. The number of hydrogen-bond donors (Lipinski definition) is 0. The van der Waals surface area contributed by atoms with Gasteiger partial charge in [-0.05, 0) is 17.8 Å². The summed E-state index contributed by atoms with van der Waals surface area (Å²) in [6.45, 7) is 16.6. The standard InChI is InChI=1S/C22H45.Y/c1-8-17-22(6,7)18-11-16-21(5)15-10-14-20(4)13-9-12-19(2)3;/h17,19-21H,8-16,18H2,1-7H3;/q-1;. The van der Waals surface area contributed by atoms with Gasteiger partial charge >= 0.3 is 0 Å². The largest absolute Gasteiger partial charge is 0.323 e. The molecule has 0 aromatic rings. The minimum atomic E-state index is 0. The van der Waals surface area contributed by atoms with E-state index >= 15 is 0 Å². The summed E-state index contributed by atoms with van der Waals surface area (Å²) in [6.07, 6.45) is 16.5. The molecule has 2 atom stereocenters. The molecule has 0 amide bonds. The molecule has 0 saturated heterocycles. The molecule has 0 aliphatic heterocycles. The molecule has 0 rings (SSSR count). The van der Waals surface area contributed by atoms with E-state index in [4.69, 9.17) is 0 Å². The van der Waals surface area contributed by atoms with Crippen molar-refractivity contribution >= 4 is 0 Å². The molecular weight excluding hydrogens is 353 g/mol. The molecule has 0 bridgehead atoms. The number of hydrogen-bond acceptors (Lipinski definition) is 0. The molecule has 1 heteroatoms. The third kappa shape index (κ3) is 17.7. The molecule has 0 aliphatic rings. The molecule has 0 heterocycles. The van der Waals surface area contributed by atoms with Gasteiger partial charge in [0.15, 0.2) is 0 Å². The molecule has 0 nitrogen and oxygen atoms in total. The maximum atomic E-state index is 2.48. The summed E-state index contributed by atoms with van der Waals surface area (Å²) < 4.78 is 0. The van der Waals surface area contributed by atoms with E-state index in [2.05, 4.69) is 54.9 Å². The Balaban J connectivity index is 0. The van der Waals surface area contributed by atoms with Crippen LogP contribution in [0.3, 0.4) is 0 Å². The third-order valence-electron chi connectivity index (χ3n) is 5.15. The molecular formula is C22H45Y-. The average Bonchev–Trinajstić information content (AvgIpc) is 2.37. The summed E-state index contributed by atoms with van der Waals surface area (Å²) in [4.78, 5) is 0. The van der Waals surface area contributed by atoms with Gasteiger partial charge in [0.05, 0.1) is 0 Å². The Labute approximate surface area is 174 Å². The first-order valence-corrected chi connectivity index (χ1v) is 10.1. The second kappa shape index (κ2) is 15.4. The van der Waals surface area contributed by atoms with Crippen molar-refractivity contribution < 1.29 is 32.7 Å².